The van der Waals surface area contributed by atoms with Gasteiger partial charge in [-0.15, -0.1) is 0 Å². The molecule has 0 aliphatic carbocycles. The molecular weight excluding hydrogens is 142 g/mol. The molecule has 1 heterocycles. The fourth-order valence-electron chi connectivity index (χ4n) is 0.696. The first-order valence-corrected chi connectivity index (χ1v) is 3.48. The molecule has 0 radical (unpaired) electrons. The third-order valence-corrected chi connectivity index (χ3v) is 1.19. The molecule has 1 aromatic heterocycles. The molecule has 0 spiro atoms. The zero-order valence-corrected chi connectivity index (χ0v) is 6.61. The number of aryl methyl sites for hydroxylation is 1. The fourth-order valence-corrected chi connectivity index (χ4v) is 0.696. The zero-order valence-electron chi connectivity index (χ0n) is 6.61. The highest BCUT2D eigenvalue weighted by Crippen LogP contribution is 2.04. The van der Waals surface area contributed by atoms with E-state index in [1.54, 1.807) is 25.1 Å². The van der Waals surface area contributed by atoms with Crippen LogP contribution in [0.3, 0.4) is 0 Å². The molecule has 1 atom stereocenters. The Morgan fingerprint density at radius 3 is 2.91 bits per heavy atom. The third kappa shape index (κ3) is 2.55. The topological polar surface area (TPSA) is 46.3 Å². The van der Waals surface area contributed by atoms with Gasteiger partial charge >= 0.3 is 0 Å². The summed E-state index contributed by atoms with van der Waals surface area (Å²) in [5.74, 6) is 0.670. The predicted octanol–water partition coefficient (Wildman–Crippen LogP) is 1.38. The number of rotatable bonds is 2. The molecule has 0 saturated carbocycles. The lowest BCUT2D eigenvalue weighted by Gasteiger charge is -1.89. The summed E-state index contributed by atoms with van der Waals surface area (Å²) in [7, 11) is 0. The molecule has 1 aromatic rings. The van der Waals surface area contributed by atoms with E-state index >= 15 is 0 Å². The summed E-state index contributed by atoms with van der Waals surface area (Å²) in [6.45, 7) is 3.53. The molecular formula is C8H11NO2. The normalized spacial score (nSPS) is 14.1. The summed E-state index contributed by atoms with van der Waals surface area (Å²) >= 11 is 0. The molecule has 0 saturated heterocycles. The average Bonchev–Trinajstić information content (AvgIpc) is 2.31. The Morgan fingerprint density at radius 1 is 1.73 bits per heavy atom. The van der Waals surface area contributed by atoms with Gasteiger partial charge in [-0.25, -0.2) is 0 Å². The van der Waals surface area contributed by atoms with E-state index in [1.165, 1.54) is 0 Å². The van der Waals surface area contributed by atoms with Gasteiger partial charge < -0.3 is 9.63 Å². The van der Waals surface area contributed by atoms with Crippen LogP contribution in [0.2, 0.25) is 0 Å². The Hall–Kier alpha value is -1.09. The van der Waals surface area contributed by atoms with Crippen LogP contribution >= 0.6 is 0 Å². The number of hydrogen-bond acceptors (Lipinski definition) is 3. The molecule has 3 nitrogen and oxygen atoms in total. The first-order valence-electron chi connectivity index (χ1n) is 3.48. The minimum atomic E-state index is -0.444. The predicted molar refractivity (Wildman–Crippen MR) is 42.0 cm³/mol. The van der Waals surface area contributed by atoms with Crippen LogP contribution < -0.4 is 0 Å². The van der Waals surface area contributed by atoms with E-state index in [2.05, 4.69) is 5.16 Å². The summed E-state index contributed by atoms with van der Waals surface area (Å²) in [6, 6.07) is 1.80. The third-order valence-electron chi connectivity index (χ3n) is 1.19. The van der Waals surface area contributed by atoms with Gasteiger partial charge in [0.15, 0.2) is 5.76 Å². The molecule has 3 heteroatoms. The van der Waals surface area contributed by atoms with Crippen LogP contribution in [0.4, 0.5) is 0 Å². The first kappa shape index (κ1) is 8.01. The van der Waals surface area contributed by atoms with Gasteiger partial charge in [-0.2, -0.15) is 0 Å². The van der Waals surface area contributed by atoms with Crippen molar-refractivity contribution in [3.05, 3.63) is 23.6 Å². The molecule has 60 valence electrons. The van der Waals surface area contributed by atoms with Crippen molar-refractivity contribution < 1.29 is 9.63 Å². The minimum absolute atomic E-state index is 0.444. The molecule has 0 amide bonds. The van der Waals surface area contributed by atoms with Crippen molar-refractivity contribution in [3.8, 4) is 0 Å². The lowest BCUT2D eigenvalue weighted by atomic mass is 10.3. The maximum Gasteiger partial charge on any atom is 0.159 e. The largest absolute Gasteiger partial charge is 0.389 e. The second-order valence-electron chi connectivity index (χ2n) is 2.47. The van der Waals surface area contributed by atoms with Gasteiger partial charge in [0.05, 0.1) is 11.8 Å². The number of aromatic nitrogens is 1. The SMILES string of the molecule is Cc1cc(/C=C/C(C)O)on1. The zero-order chi connectivity index (χ0) is 8.27. The van der Waals surface area contributed by atoms with Crippen molar-refractivity contribution in [2.45, 2.75) is 20.0 Å². The molecule has 1 unspecified atom stereocenters. The highest BCUT2D eigenvalue weighted by atomic mass is 16.5. The standard InChI is InChI=1S/C8H11NO2/c1-6-5-8(11-9-6)4-3-7(2)10/h3-5,7,10H,1-2H3/b4-3+. The molecule has 1 rings (SSSR count). The lowest BCUT2D eigenvalue weighted by molar-refractivity contribution is 0.245. The Bertz CT molecular complexity index is 250. The van der Waals surface area contributed by atoms with E-state index in [1.807, 2.05) is 6.92 Å². The summed E-state index contributed by atoms with van der Waals surface area (Å²) in [5.41, 5.74) is 0.843. The molecule has 0 aliphatic heterocycles. The van der Waals surface area contributed by atoms with Crippen LogP contribution in [-0.4, -0.2) is 16.4 Å². The number of nitrogens with zero attached hydrogens (tertiary/aromatic N) is 1. The van der Waals surface area contributed by atoms with Crippen molar-refractivity contribution in [2.24, 2.45) is 0 Å². The monoisotopic (exact) mass is 153 g/mol. The van der Waals surface area contributed by atoms with Crippen molar-refractivity contribution in [2.75, 3.05) is 0 Å². The van der Waals surface area contributed by atoms with Crippen LogP contribution in [0.15, 0.2) is 16.7 Å². The number of aliphatic hydroxyl groups is 1. The second-order valence-corrected chi connectivity index (χ2v) is 2.47. The van der Waals surface area contributed by atoms with Gasteiger partial charge in [-0.05, 0) is 19.9 Å². The maximum atomic E-state index is 8.87. The molecule has 1 N–H and O–H groups in total. The van der Waals surface area contributed by atoms with Crippen molar-refractivity contribution in [1.82, 2.24) is 5.16 Å². The van der Waals surface area contributed by atoms with Crippen LogP contribution in [0.5, 0.6) is 0 Å². The Labute approximate surface area is 65.3 Å². The number of hydrogen-bond donors (Lipinski definition) is 1. The molecule has 11 heavy (non-hydrogen) atoms. The lowest BCUT2D eigenvalue weighted by Crippen LogP contribution is -1.90. The van der Waals surface area contributed by atoms with Crippen molar-refractivity contribution in [1.29, 1.82) is 0 Å². The molecule has 0 aromatic carbocycles. The van der Waals surface area contributed by atoms with Gasteiger partial charge in [0.25, 0.3) is 0 Å². The van der Waals surface area contributed by atoms with Gasteiger partial charge in [0.1, 0.15) is 0 Å². The minimum Gasteiger partial charge on any atom is -0.389 e. The van der Waals surface area contributed by atoms with Crippen LogP contribution in [0.1, 0.15) is 18.4 Å². The van der Waals surface area contributed by atoms with Gasteiger partial charge in [-0.3, -0.25) is 0 Å². The van der Waals surface area contributed by atoms with Crippen LogP contribution in [-0.2, 0) is 0 Å². The van der Waals surface area contributed by atoms with Crippen LogP contribution in [0, 0.1) is 6.92 Å². The Morgan fingerprint density at radius 2 is 2.45 bits per heavy atom. The molecule has 0 bridgehead atoms. The van der Waals surface area contributed by atoms with E-state index in [4.69, 9.17) is 9.63 Å². The fraction of sp³-hybridized carbons (Fsp3) is 0.375. The first-order chi connectivity index (χ1) is 5.18. The summed E-state index contributed by atoms with van der Waals surface area (Å²) in [5, 5.41) is 12.6. The van der Waals surface area contributed by atoms with Gasteiger partial charge in [0, 0.05) is 6.07 Å². The van der Waals surface area contributed by atoms with Crippen molar-refractivity contribution >= 4 is 6.08 Å². The number of aliphatic hydroxyl groups excluding tert-OH is 1. The van der Waals surface area contributed by atoms with E-state index in [0.717, 1.165) is 5.69 Å². The summed E-state index contributed by atoms with van der Waals surface area (Å²) in [4.78, 5) is 0. The smallest absolute Gasteiger partial charge is 0.159 e. The molecule has 0 fully saturated rings. The summed E-state index contributed by atoms with van der Waals surface area (Å²) in [6.07, 6.45) is 2.89. The van der Waals surface area contributed by atoms with Gasteiger partial charge in [-0.1, -0.05) is 11.2 Å². The quantitative estimate of drug-likeness (QED) is 0.698. The second kappa shape index (κ2) is 3.34. The van der Waals surface area contributed by atoms with Crippen molar-refractivity contribution in [3.63, 3.8) is 0 Å². The average molecular weight is 153 g/mol. The van der Waals surface area contributed by atoms with E-state index in [-0.39, 0.29) is 0 Å². The highest BCUT2D eigenvalue weighted by molar-refractivity contribution is 5.42. The highest BCUT2D eigenvalue weighted by Gasteiger charge is 1.94. The Kier molecular flexibility index (Phi) is 2.44. The Balaban J connectivity index is 2.64. The summed E-state index contributed by atoms with van der Waals surface area (Å²) < 4.78 is 4.87. The van der Waals surface area contributed by atoms with E-state index in [9.17, 15) is 0 Å². The van der Waals surface area contributed by atoms with Crippen LogP contribution in [0.25, 0.3) is 6.08 Å². The maximum absolute atomic E-state index is 8.87. The van der Waals surface area contributed by atoms with E-state index < -0.39 is 6.10 Å². The van der Waals surface area contributed by atoms with Gasteiger partial charge in [0.2, 0.25) is 0 Å². The van der Waals surface area contributed by atoms with E-state index in [0.29, 0.717) is 5.76 Å². The molecule has 0 aliphatic rings.